The molecule has 0 aromatic carbocycles. The van der Waals surface area contributed by atoms with Gasteiger partial charge in [0.2, 0.25) is 0 Å². The monoisotopic (exact) mass is 249 g/mol. The maximum atomic E-state index is 8.02. The van der Waals surface area contributed by atoms with Gasteiger partial charge in [0.05, 0.1) is 5.71 Å². The van der Waals surface area contributed by atoms with Crippen molar-refractivity contribution in [3.8, 4) is 0 Å². The molecule has 0 heterocycles. The first-order valence-corrected chi connectivity index (χ1v) is 6.39. The minimum absolute atomic E-state index is 0.564. The molecule has 17 heavy (non-hydrogen) atoms. The summed E-state index contributed by atoms with van der Waals surface area (Å²) in [5.74, 6) is 0. The lowest BCUT2D eigenvalue weighted by molar-refractivity contribution is 0.936. The second-order valence-electron chi connectivity index (χ2n) is 4.24. The van der Waals surface area contributed by atoms with Gasteiger partial charge in [-0.2, -0.15) is 12.6 Å². The van der Waals surface area contributed by atoms with E-state index in [0.717, 1.165) is 35.1 Å². The Labute approximate surface area is 111 Å². The molecule has 0 atom stereocenters. The van der Waals surface area contributed by atoms with Crippen LogP contribution in [-0.2, 0) is 0 Å². The van der Waals surface area contributed by atoms with Gasteiger partial charge in [0, 0.05) is 0 Å². The number of hydrogen-bond donors (Lipinski definition) is 2. The molecule has 1 N–H and O–H groups in total. The van der Waals surface area contributed by atoms with Gasteiger partial charge >= 0.3 is 0 Å². The Morgan fingerprint density at radius 2 is 1.82 bits per heavy atom. The second kappa shape index (κ2) is 8.13. The summed E-state index contributed by atoms with van der Waals surface area (Å²) < 4.78 is 0. The predicted molar refractivity (Wildman–Crippen MR) is 82.0 cm³/mol. The summed E-state index contributed by atoms with van der Waals surface area (Å²) in [6.45, 7) is 12.1. The van der Waals surface area contributed by atoms with Crippen LogP contribution in [0.1, 0.15) is 40.5 Å². The lowest BCUT2D eigenvalue weighted by atomic mass is 9.99. The Morgan fingerprint density at radius 1 is 1.24 bits per heavy atom. The van der Waals surface area contributed by atoms with Crippen molar-refractivity contribution in [2.75, 3.05) is 0 Å². The van der Waals surface area contributed by atoms with Gasteiger partial charge in [0.25, 0.3) is 0 Å². The molecule has 0 saturated carbocycles. The van der Waals surface area contributed by atoms with Gasteiger partial charge in [0.15, 0.2) is 0 Å². The van der Waals surface area contributed by atoms with Crippen LogP contribution >= 0.6 is 12.6 Å². The van der Waals surface area contributed by atoms with Crippen LogP contribution in [0.4, 0.5) is 0 Å². The molecule has 0 aliphatic rings. The Balaban J connectivity index is 4.93. The summed E-state index contributed by atoms with van der Waals surface area (Å²) in [6.07, 6.45) is 5.91. The van der Waals surface area contributed by atoms with Crippen LogP contribution in [0.5, 0.6) is 0 Å². The first kappa shape index (κ1) is 16.0. The van der Waals surface area contributed by atoms with Crippen molar-refractivity contribution >= 4 is 18.3 Å². The molecule has 0 rings (SSSR count). The minimum atomic E-state index is 0.564. The quantitative estimate of drug-likeness (QED) is 0.372. The molecule has 0 amide bonds. The molecular formula is C15H23NS. The van der Waals surface area contributed by atoms with Gasteiger partial charge in [-0.05, 0) is 54.9 Å². The highest BCUT2D eigenvalue weighted by Crippen LogP contribution is 2.14. The molecular weight excluding hydrogens is 226 g/mol. The third-order valence-electron chi connectivity index (χ3n) is 2.68. The van der Waals surface area contributed by atoms with Gasteiger partial charge in [-0.25, -0.2) is 0 Å². The molecule has 0 fully saturated rings. The first-order valence-electron chi connectivity index (χ1n) is 5.87. The van der Waals surface area contributed by atoms with E-state index in [2.05, 4.69) is 26.1 Å². The number of thiol groups is 1. The molecule has 0 aliphatic carbocycles. The van der Waals surface area contributed by atoms with Gasteiger partial charge in [-0.3, -0.25) is 0 Å². The Morgan fingerprint density at radius 3 is 2.29 bits per heavy atom. The summed E-state index contributed by atoms with van der Waals surface area (Å²) in [5, 5.41) is 9.74. The molecule has 94 valence electrons. The SMILES string of the molecule is C=C(CCC)C(=N)/C(C)=C/C(C)=C(C)/C=C\S. The Bertz CT molecular complexity index is 384. The normalized spacial score (nSPS) is 13.8. The van der Waals surface area contributed by atoms with E-state index in [-0.39, 0.29) is 0 Å². The molecule has 0 bridgehead atoms. The first-order chi connectivity index (χ1) is 7.93. The molecule has 0 unspecified atom stereocenters. The number of rotatable bonds is 6. The zero-order chi connectivity index (χ0) is 13.4. The summed E-state index contributed by atoms with van der Waals surface area (Å²) in [4.78, 5) is 0. The summed E-state index contributed by atoms with van der Waals surface area (Å²) in [6, 6.07) is 0. The maximum absolute atomic E-state index is 8.02. The number of hydrogen-bond acceptors (Lipinski definition) is 2. The zero-order valence-corrected chi connectivity index (χ0v) is 12.2. The molecule has 0 saturated heterocycles. The molecule has 0 aliphatic heterocycles. The lowest BCUT2D eigenvalue weighted by Crippen LogP contribution is -2.02. The van der Waals surface area contributed by atoms with Crippen molar-refractivity contribution in [1.29, 1.82) is 5.41 Å². The average molecular weight is 249 g/mol. The molecule has 1 nitrogen and oxygen atoms in total. The van der Waals surface area contributed by atoms with E-state index < -0.39 is 0 Å². The minimum Gasteiger partial charge on any atom is -0.300 e. The predicted octanol–water partition coefficient (Wildman–Crippen LogP) is 5.09. The topological polar surface area (TPSA) is 23.9 Å². The number of allylic oxidation sites excluding steroid dienone is 6. The second-order valence-corrected chi connectivity index (χ2v) is 4.54. The van der Waals surface area contributed by atoms with E-state index in [1.54, 1.807) is 5.41 Å². The third kappa shape index (κ3) is 5.73. The van der Waals surface area contributed by atoms with Gasteiger partial charge in [-0.1, -0.05) is 32.1 Å². The van der Waals surface area contributed by atoms with Crippen molar-refractivity contribution in [1.82, 2.24) is 0 Å². The maximum Gasteiger partial charge on any atom is 0.0595 e. The number of nitrogens with one attached hydrogen (secondary N) is 1. The van der Waals surface area contributed by atoms with Crippen LogP contribution in [-0.4, -0.2) is 5.71 Å². The van der Waals surface area contributed by atoms with E-state index >= 15 is 0 Å². The van der Waals surface area contributed by atoms with Crippen molar-refractivity contribution in [2.45, 2.75) is 40.5 Å². The summed E-state index contributed by atoms with van der Waals surface area (Å²) >= 11 is 4.05. The highest BCUT2D eigenvalue weighted by molar-refractivity contribution is 7.83. The highest BCUT2D eigenvalue weighted by atomic mass is 32.1. The van der Waals surface area contributed by atoms with E-state index in [4.69, 9.17) is 5.41 Å². The van der Waals surface area contributed by atoms with Crippen LogP contribution in [0.3, 0.4) is 0 Å². The van der Waals surface area contributed by atoms with Crippen molar-refractivity contribution in [2.24, 2.45) is 0 Å². The average Bonchev–Trinajstić information content (AvgIpc) is 2.28. The van der Waals surface area contributed by atoms with Crippen LogP contribution < -0.4 is 0 Å². The third-order valence-corrected chi connectivity index (χ3v) is 2.83. The van der Waals surface area contributed by atoms with Crippen LogP contribution in [0, 0.1) is 5.41 Å². The fourth-order valence-corrected chi connectivity index (χ4v) is 1.68. The largest absolute Gasteiger partial charge is 0.300 e. The summed E-state index contributed by atoms with van der Waals surface area (Å²) in [7, 11) is 0. The van der Waals surface area contributed by atoms with E-state index in [9.17, 15) is 0 Å². The van der Waals surface area contributed by atoms with Gasteiger partial charge in [0.1, 0.15) is 0 Å². The van der Waals surface area contributed by atoms with Crippen molar-refractivity contribution in [3.05, 3.63) is 46.4 Å². The van der Waals surface area contributed by atoms with Gasteiger partial charge in [-0.15, -0.1) is 0 Å². The zero-order valence-electron chi connectivity index (χ0n) is 11.3. The molecule has 0 aromatic rings. The van der Waals surface area contributed by atoms with E-state index in [1.807, 2.05) is 32.9 Å². The lowest BCUT2D eigenvalue weighted by Gasteiger charge is -2.08. The Kier molecular flexibility index (Phi) is 7.64. The van der Waals surface area contributed by atoms with Crippen LogP contribution in [0.25, 0.3) is 0 Å². The summed E-state index contributed by atoms with van der Waals surface area (Å²) in [5.41, 5.74) is 4.76. The van der Waals surface area contributed by atoms with Crippen molar-refractivity contribution in [3.63, 3.8) is 0 Å². The molecule has 0 spiro atoms. The van der Waals surface area contributed by atoms with Crippen LogP contribution in [0.2, 0.25) is 0 Å². The fourth-order valence-electron chi connectivity index (χ4n) is 1.46. The Hall–Kier alpha value is -1.02. The highest BCUT2D eigenvalue weighted by Gasteiger charge is 2.04. The van der Waals surface area contributed by atoms with Crippen LogP contribution in [0.15, 0.2) is 46.4 Å². The van der Waals surface area contributed by atoms with Gasteiger partial charge < -0.3 is 5.41 Å². The van der Waals surface area contributed by atoms with E-state index in [0.29, 0.717) is 5.71 Å². The standard InChI is InChI=1S/C15H23NS/c1-6-7-12(3)15(16)14(5)10-13(4)11(2)8-9-17/h8-10,16-17H,3,6-7H2,1-2,4-5H3/b9-8-,13-11+,14-10+,16-15?. The molecule has 0 aromatic heterocycles. The molecule has 0 radical (unpaired) electrons. The molecule has 2 heteroatoms. The fraction of sp³-hybridized carbons (Fsp3) is 0.400. The smallest absolute Gasteiger partial charge is 0.0595 e. The van der Waals surface area contributed by atoms with E-state index in [1.165, 1.54) is 0 Å². The van der Waals surface area contributed by atoms with Crippen molar-refractivity contribution < 1.29 is 0 Å².